The lowest BCUT2D eigenvalue weighted by atomic mass is 9.93. The molecule has 0 aliphatic heterocycles. The van der Waals surface area contributed by atoms with Gasteiger partial charge in [-0.25, -0.2) is 0 Å². The first kappa shape index (κ1) is 10.7. The smallest absolute Gasteiger partial charge is 0.0459 e. The van der Waals surface area contributed by atoms with Crippen LogP contribution in [0.3, 0.4) is 0 Å². The highest BCUT2D eigenvalue weighted by atomic mass is 16.3. The van der Waals surface area contributed by atoms with Gasteiger partial charge in [0.15, 0.2) is 0 Å². The number of hydrogen-bond acceptors (Lipinski definition) is 1. The van der Waals surface area contributed by atoms with Crippen LogP contribution in [0.25, 0.3) is 0 Å². The first-order valence-corrected chi connectivity index (χ1v) is 4.32. The number of allylic oxidation sites excluding steroid dienone is 2. The highest BCUT2D eigenvalue weighted by molar-refractivity contribution is 4.93. The molecular formula is C10H20O. The van der Waals surface area contributed by atoms with Gasteiger partial charge in [0.05, 0.1) is 0 Å². The average Bonchev–Trinajstić information content (AvgIpc) is 1.98. The van der Waals surface area contributed by atoms with Crippen LogP contribution < -0.4 is 0 Å². The maximum atomic E-state index is 8.85. The highest BCUT2D eigenvalue weighted by Crippen LogP contribution is 2.15. The van der Waals surface area contributed by atoms with Gasteiger partial charge in [-0.1, -0.05) is 25.5 Å². The predicted molar refractivity (Wildman–Crippen MR) is 49.5 cm³/mol. The lowest BCUT2D eigenvalue weighted by Gasteiger charge is -2.15. The van der Waals surface area contributed by atoms with E-state index in [1.807, 2.05) is 0 Å². The molecule has 1 nitrogen and oxygen atoms in total. The third-order valence-corrected chi connectivity index (χ3v) is 2.16. The summed E-state index contributed by atoms with van der Waals surface area (Å²) < 4.78 is 0. The van der Waals surface area contributed by atoms with Gasteiger partial charge in [0.2, 0.25) is 0 Å². The van der Waals surface area contributed by atoms with Crippen LogP contribution >= 0.6 is 0 Å². The number of hydrogen-bond donors (Lipinski definition) is 1. The minimum atomic E-state index is 0.303. The molecule has 0 fully saturated rings. The molecule has 0 saturated carbocycles. The van der Waals surface area contributed by atoms with E-state index in [1.165, 1.54) is 5.57 Å². The van der Waals surface area contributed by atoms with E-state index in [1.54, 1.807) is 0 Å². The zero-order valence-electron chi connectivity index (χ0n) is 8.09. The third-order valence-electron chi connectivity index (χ3n) is 2.16. The zero-order chi connectivity index (χ0) is 8.85. The van der Waals surface area contributed by atoms with Crippen LogP contribution in [0, 0.1) is 11.8 Å². The standard InChI is InChI=1S/C10H20O/c1-8(2)5-6-9(3)10(4)7-11/h5,9-11H,6-7H2,1-4H3/t9-,10-/m1/s1. The largest absolute Gasteiger partial charge is 0.396 e. The van der Waals surface area contributed by atoms with Gasteiger partial charge >= 0.3 is 0 Å². The second kappa shape index (κ2) is 5.36. The summed E-state index contributed by atoms with van der Waals surface area (Å²) >= 11 is 0. The van der Waals surface area contributed by atoms with E-state index in [0.717, 1.165) is 6.42 Å². The monoisotopic (exact) mass is 156 g/mol. The molecular weight excluding hydrogens is 136 g/mol. The van der Waals surface area contributed by atoms with E-state index in [-0.39, 0.29) is 0 Å². The molecule has 0 amide bonds. The molecule has 0 radical (unpaired) electrons. The molecule has 2 atom stereocenters. The summed E-state index contributed by atoms with van der Waals surface area (Å²) in [6.07, 6.45) is 3.32. The van der Waals surface area contributed by atoms with Gasteiger partial charge in [0.25, 0.3) is 0 Å². The maximum Gasteiger partial charge on any atom is 0.0459 e. The molecule has 0 aromatic rings. The van der Waals surface area contributed by atoms with E-state index in [9.17, 15) is 0 Å². The highest BCUT2D eigenvalue weighted by Gasteiger charge is 2.08. The molecule has 0 spiro atoms. The van der Waals surface area contributed by atoms with Gasteiger partial charge in [0.1, 0.15) is 0 Å². The summed E-state index contributed by atoms with van der Waals surface area (Å²) in [6.45, 7) is 8.79. The normalized spacial score (nSPS) is 15.7. The Balaban J connectivity index is 3.68. The predicted octanol–water partition coefficient (Wildman–Crippen LogP) is 2.61. The van der Waals surface area contributed by atoms with Crippen LogP contribution in [0.2, 0.25) is 0 Å². The lowest BCUT2D eigenvalue weighted by Crippen LogP contribution is -2.11. The van der Waals surface area contributed by atoms with Crippen molar-refractivity contribution in [3.8, 4) is 0 Å². The van der Waals surface area contributed by atoms with Gasteiger partial charge in [0, 0.05) is 6.61 Å². The van der Waals surface area contributed by atoms with Crippen LogP contribution in [0.15, 0.2) is 11.6 Å². The molecule has 0 aromatic carbocycles. The minimum Gasteiger partial charge on any atom is -0.396 e. The van der Waals surface area contributed by atoms with Crippen molar-refractivity contribution < 1.29 is 5.11 Å². The van der Waals surface area contributed by atoms with Gasteiger partial charge in [-0.3, -0.25) is 0 Å². The Morgan fingerprint density at radius 2 is 1.82 bits per heavy atom. The van der Waals surface area contributed by atoms with Crippen molar-refractivity contribution in [2.75, 3.05) is 6.61 Å². The average molecular weight is 156 g/mol. The Labute approximate surface area is 70.1 Å². The molecule has 11 heavy (non-hydrogen) atoms. The van der Waals surface area contributed by atoms with Gasteiger partial charge in [-0.05, 0) is 32.1 Å². The molecule has 0 saturated heterocycles. The van der Waals surface area contributed by atoms with Crippen molar-refractivity contribution in [2.45, 2.75) is 34.1 Å². The SMILES string of the molecule is CC(C)=CC[C@@H](C)[C@H](C)CO. The number of aliphatic hydroxyl groups excluding tert-OH is 1. The Morgan fingerprint density at radius 3 is 2.18 bits per heavy atom. The topological polar surface area (TPSA) is 20.2 Å². The second-order valence-corrected chi connectivity index (χ2v) is 3.65. The maximum absolute atomic E-state index is 8.85. The Morgan fingerprint density at radius 1 is 1.27 bits per heavy atom. The first-order valence-electron chi connectivity index (χ1n) is 4.32. The fourth-order valence-electron chi connectivity index (χ4n) is 0.834. The Hall–Kier alpha value is -0.300. The van der Waals surface area contributed by atoms with E-state index >= 15 is 0 Å². The van der Waals surface area contributed by atoms with Crippen LogP contribution in [0.1, 0.15) is 34.1 Å². The van der Waals surface area contributed by atoms with Crippen molar-refractivity contribution in [2.24, 2.45) is 11.8 Å². The summed E-state index contributed by atoms with van der Waals surface area (Å²) in [5, 5.41) is 8.85. The van der Waals surface area contributed by atoms with E-state index < -0.39 is 0 Å². The van der Waals surface area contributed by atoms with E-state index in [0.29, 0.717) is 18.4 Å². The molecule has 1 N–H and O–H groups in total. The lowest BCUT2D eigenvalue weighted by molar-refractivity contribution is 0.196. The Bertz CT molecular complexity index is 123. The summed E-state index contributed by atoms with van der Waals surface area (Å²) in [7, 11) is 0. The summed E-state index contributed by atoms with van der Waals surface area (Å²) in [4.78, 5) is 0. The molecule has 0 bridgehead atoms. The van der Waals surface area contributed by atoms with Gasteiger partial charge < -0.3 is 5.11 Å². The zero-order valence-corrected chi connectivity index (χ0v) is 8.09. The van der Waals surface area contributed by atoms with Crippen LogP contribution in [0.5, 0.6) is 0 Å². The second-order valence-electron chi connectivity index (χ2n) is 3.65. The van der Waals surface area contributed by atoms with E-state index in [4.69, 9.17) is 5.11 Å². The van der Waals surface area contributed by atoms with Crippen molar-refractivity contribution in [3.05, 3.63) is 11.6 Å². The van der Waals surface area contributed by atoms with Crippen molar-refractivity contribution in [1.82, 2.24) is 0 Å². The molecule has 1 heteroatoms. The van der Waals surface area contributed by atoms with Crippen molar-refractivity contribution in [1.29, 1.82) is 0 Å². The van der Waals surface area contributed by atoms with E-state index in [2.05, 4.69) is 33.8 Å². The molecule has 0 unspecified atom stereocenters. The van der Waals surface area contributed by atoms with Crippen LogP contribution in [-0.2, 0) is 0 Å². The number of aliphatic hydroxyl groups is 1. The summed E-state index contributed by atoms with van der Waals surface area (Å²) in [6, 6.07) is 0. The number of rotatable bonds is 4. The van der Waals surface area contributed by atoms with Crippen LogP contribution in [-0.4, -0.2) is 11.7 Å². The minimum absolute atomic E-state index is 0.303. The van der Waals surface area contributed by atoms with Crippen molar-refractivity contribution >= 4 is 0 Å². The molecule has 0 aromatic heterocycles. The third kappa shape index (κ3) is 5.02. The molecule has 0 rings (SSSR count). The molecule has 0 heterocycles. The molecule has 66 valence electrons. The van der Waals surface area contributed by atoms with Crippen LogP contribution in [0.4, 0.5) is 0 Å². The summed E-state index contributed by atoms with van der Waals surface area (Å²) in [5.74, 6) is 1.01. The molecule has 0 aliphatic rings. The fraction of sp³-hybridized carbons (Fsp3) is 0.800. The van der Waals surface area contributed by atoms with Gasteiger partial charge in [-0.15, -0.1) is 0 Å². The van der Waals surface area contributed by atoms with Crippen molar-refractivity contribution in [3.63, 3.8) is 0 Å². The fourth-order valence-corrected chi connectivity index (χ4v) is 0.834. The summed E-state index contributed by atoms with van der Waals surface area (Å²) in [5.41, 5.74) is 1.36. The van der Waals surface area contributed by atoms with Gasteiger partial charge in [-0.2, -0.15) is 0 Å². The Kier molecular flexibility index (Phi) is 5.22. The first-order chi connectivity index (χ1) is 5.07. The quantitative estimate of drug-likeness (QED) is 0.620. The molecule has 0 aliphatic carbocycles.